The van der Waals surface area contributed by atoms with Crippen LogP contribution in [0.4, 0.5) is 11.4 Å². The van der Waals surface area contributed by atoms with E-state index < -0.39 is 0 Å². The van der Waals surface area contributed by atoms with E-state index in [1.54, 1.807) is 0 Å². The molecule has 0 atom stereocenters. The minimum absolute atomic E-state index is 0.907. The molecule has 1 aliphatic heterocycles. The highest BCUT2D eigenvalue weighted by Crippen LogP contribution is 2.27. The molecule has 1 aromatic heterocycles. The lowest BCUT2D eigenvalue weighted by Gasteiger charge is -2.36. The monoisotopic (exact) mass is 346 g/mol. The predicted molar refractivity (Wildman–Crippen MR) is 110 cm³/mol. The molecule has 2 heterocycles. The maximum Gasteiger partial charge on any atom is 0.0726 e. The van der Waals surface area contributed by atoms with Crippen molar-refractivity contribution in [2.75, 3.05) is 43.4 Å². The third-order valence-electron chi connectivity index (χ3n) is 5.31. The molecule has 0 spiro atoms. The molecule has 2 N–H and O–H groups in total. The van der Waals surface area contributed by atoms with E-state index >= 15 is 0 Å². The molecule has 0 radical (unpaired) electrons. The Balaban J connectivity index is 1.40. The van der Waals surface area contributed by atoms with Crippen LogP contribution in [0, 0.1) is 6.92 Å². The van der Waals surface area contributed by atoms with Crippen molar-refractivity contribution >= 4 is 22.3 Å². The largest absolute Gasteiger partial charge is 0.399 e. The fraction of sp³-hybridized carbons (Fsp3) is 0.318. The van der Waals surface area contributed by atoms with Crippen LogP contribution < -0.4 is 10.6 Å². The van der Waals surface area contributed by atoms with Crippen LogP contribution in [0.15, 0.2) is 54.6 Å². The summed E-state index contributed by atoms with van der Waals surface area (Å²) in [5.74, 6) is 0. The molecule has 4 nitrogen and oxygen atoms in total. The van der Waals surface area contributed by atoms with Gasteiger partial charge < -0.3 is 10.6 Å². The van der Waals surface area contributed by atoms with Gasteiger partial charge in [-0.1, -0.05) is 24.3 Å². The average molecular weight is 346 g/mol. The van der Waals surface area contributed by atoms with E-state index in [0.717, 1.165) is 56.0 Å². The number of hydrogen-bond acceptors (Lipinski definition) is 4. The number of rotatable bonds is 4. The highest BCUT2D eigenvalue weighted by molar-refractivity contribution is 5.92. The first-order valence-electron chi connectivity index (χ1n) is 9.38. The SMILES string of the molecule is Cc1ccc2c(N3CCN(CCc4ccccc4N)CC3)cccc2n1. The Hall–Kier alpha value is -2.59. The third-order valence-corrected chi connectivity index (χ3v) is 5.31. The number of pyridine rings is 1. The molecule has 1 aliphatic rings. The highest BCUT2D eigenvalue weighted by Gasteiger charge is 2.18. The van der Waals surface area contributed by atoms with Crippen molar-refractivity contribution in [2.24, 2.45) is 0 Å². The van der Waals surface area contributed by atoms with E-state index in [0.29, 0.717) is 0 Å². The number of aryl methyl sites for hydroxylation is 1. The van der Waals surface area contributed by atoms with Crippen LogP contribution in [0.2, 0.25) is 0 Å². The van der Waals surface area contributed by atoms with E-state index in [-0.39, 0.29) is 0 Å². The molecule has 4 rings (SSSR count). The van der Waals surface area contributed by atoms with Gasteiger partial charge in [-0.25, -0.2) is 0 Å². The Morgan fingerprint density at radius 1 is 0.923 bits per heavy atom. The summed E-state index contributed by atoms with van der Waals surface area (Å²) in [6.45, 7) is 7.39. The third kappa shape index (κ3) is 3.51. The molecule has 134 valence electrons. The van der Waals surface area contributed by atoms with E-state index in [1.165, 1.54) is 16.6 Å². The van der Waals surface area contributed by atoms with Crippen molar-refractivity contribution < 1.29 is 0 Å². The Bertz CT molecular complexity index is 898. The molecule has 1 saturated heterocycles. The van der Waals surface area contributed by atoms with E-state index in [1.807, 2.05) is 19.1 Å². The number of hydrogen-bond donors (Lipinski definition) is 1. The van der Waals surface area contributed by atoms with Crippen molar-refractivity contribution in [3.63, 3.8) is 0 Å². The van der Waals surface area contributed by atoms with Crippen LogP contribution in [0.1, 0.15) is 11.3 Å². The molecule has 1 fully saturated rings. The summed E-state index contributed by atoms with van der Waals surface area (Å²) in [6, 6.07) is 18.9. The molecule has 0 amide bonds. The number of nitrogens with zero attached hydrogens (tertiary/aromatic N) is 3. The van der Waals surface area contributed by atoms with Gasteiger partial charge in [0, 0.05) is 55.2 Å². The molecule has 26 heavy (non-hydrogen) atoms. The zero-order valence-corrected chi connectivity index (χ0v) is 15.4. The van der Waals surface area contributed by atoms with Gasteiger partial charge in [-0.2, -0.15) is 0 Å². The molecule has 3 aromatic rings. The summed E-state index contributed by atoms with van der Waals surface area (Å²) in [5.41, 5.74) is 11.7. The molecular formula is C22H26N4. The summed E-state index contributed by atoms with van der Waals surface area (Å²) in [7, 11) is 0. The van der Waals surface area contributed by atoms with Gasteiger partial charge in [0.1, 0.15) is 0 Å². The number of aromatic nitrogens is 1. The summed E-state index contributed by atoms with van der Waals surface area (Å²) in [4.78, 5) is 9.70. The average Bonchev–Trinajstić information content (AvgIpc) is 2.67. The Morgan fingerprint density at radius 3 is 2.54 bits per heavy atom. The van der Waals surface area contributed by atoms with E-state index in [4.69, 9.17) is 5.73 Å². The maximum atomic E-state index is 6.06. The van der Waals surface area contributed by atoms with E-state index in [2.05, 4.69) is 57.2 Å². The predicted octanol–water partition coefficient (Wildman–Crippen LogP) is 3.49. The van der Waals surface area contributed by atoms with Gasteiger partial charge in [0.15, 0.2) is 0 Å². The van der Waals surface area contributed by atoms with Crippen molar-refractivity contribution in [3.8, 4) is 0 Å². The summed E-state index contributed by atoms with van der Waals surface area (Å²) in [6.07, 6.45) is 1.02. The van der Waals surface area contributed by atoms with Gasteiger partial charge in [0.05, 0.1) is 5.52 Å². The summed E-state index contributed by atoms with van der Waals surface area (Å²) >= 11 is 0. The highest BCUT2D eigenvalue weighted by atomic mass is 15.3. The van der Waals surface area contributed by atoms with Gasteiger partial charge in [-0.15, -0.1) is 0 Å². The lowest BCUT2D eigenvalue weighted by Crippen LogP contribution is -2.47. The van der Waals surface area contributed by atoms with Crippen LogP contribution in [-0.4, -0.2) is 42.6 Å². The van der Waals surface area contributed by atoms with Gasteiger partial charge >= 0.3 is 0 Å². The van der Waals surface area contributed by atoms with Crippen LogP contribution in [-0.2, 0) is 6.42 Å². The lowest BCUT2D eigenvalue weighted by atomic mass is 10.1. The van der Waals surface area contributed by atoms with Crippen molar-refractivity contribution in [1.82, 2.24) is 9.88 Å². The van der Waals surface area contributed by atoms with Gasteiger partial charge in [-0.3, -0.25) is 9.88 Å². The van der Waals surface area contributed by atoms with Crippen LogP contribution in [0.25, 0.3) is 10.9 Å². The first-order chi connectivity index (χ1) is 12.7. The number of nitrogen functional groups attached to an aromatic ring is 1. The maximum absolute atomic E-state index is 6.06. The Morgan fingerprint density at radius 2 is 1.73 bits per heavy atom. The molecule has 0 bridgehead atoms. The number of benzene rings is 2. The Labute approximate surface area is 155 Å². The second-order valence-electron chi connectivity index (χ2n) is 7.07. The van der Waals surface area contributed by atoms with Crippen LogP contribution in [0.3, 0.4) is 0 Å². The smallest absolute Gasteiger partial charge is 0.0726 e. The lowest BCUT2D eigenvalue weighted by molar-refractivity contribution is 0.261. The number of anilines is 2. The van der Waals surface area contributed by atoms with Crippen molar-refractivity contribution in [2.45, 2.75) is 13.3 Å². The molecule has 4 heteroatoms. The number of para-hydroxylation sites is 1. The van der Waals surface area contributed by atoms with Crippen LogP contribution in [0.5, 0.6) is 0 Å². The minimum atomic E-state index is 0.907. The number of nitrogens with two attached hydrogens (primary N) is 1. The van der Waals surface area contributed by atoms with Crippen molar-refractivity contribution in [1.29, 1.82) is 0 Å². The summed E-state index contributed by atoms with van der Waals surface area (Å²) < 4.78 is 0. The molecule has 0 saturated carbocycles. The van der Waals surface area contributed by atoms with Gasteiger partial charge in [0.2, 0.25) is 0 Å². The van der Waals surface area contributed by atoms with Crippen molar-refractivity contribution in [3.05, 3.63) is 65.9 Å². The minimum Gasteiger partial charge on any atom is -0.399 e. The first kappa shape index (κ1) is 16.9. The molecular weight excluding hydrogens is 320 g/mol. The normalized spacial score (nSPS) is 15.5. The van der Waals surface area contributed by atoms with Crippen LogP contribution >= 0.6 is 0 Å². The zero-order chi connectivity index (χ0) is 17.9. The molecule has 0 unspecified atom stereocenters. The zero-order valence-electron chi connectivity index (χ0n) is 15.4. The van der Waals surface area contributed by atoms with E-state index in [9.17, 15) is 0 Å². The fourth-order valence-electron chi connectivity index (χ4n) is 3.77. The molecule has 2 aromatic carbocycles. The topological polar surface area (TPSA) is 45.4 Å². The fourth-order valence-corrected chi connectivity index (χ4v) is 3.77. The number of piperazine rings is 1. The summed E-state index contributed by atoms with van der Waals surface area (Å²) in [5, 5.41) is 1.25. The second-order valence-corrected chi connectivity index (χ2v) is 7.07. The van der Waals surface area contributed by atoms with Gasteiger partial charge in [-0.05, 0) is 49.2 Å². The Kier molecular flexibility index (Phi) is 4.76. The first-order valence-corrected chi connectivity index (χ1v) is 9.38. The standard InChI is InChI=1S/C22H26N4/c1-17-9-10-19-21(24-17)7-4-8-22(19)26-15-13-25(14-16-26)12-11-18-5-2-3-6-20(18)23/h2-10H,11-16,23H2,1H3. The molecule has 0 aliphatic carbocycles. The quantitative estimate of drug-likeness (QED) is 0.735. The number of fused-ring (bicyclic) bond motifs is 1. The van der Waals surface area contributed by atoms with Gasteiger partial charge in [0.25, 0.3) is 0 Å². The second kappa shape index (κ2) is 7.34.